The van der Waals surface area contributed by atoms with E-state index in [2.05, 4.69) is 5.32 Å². The van der Waals surface area contributed by atoms with Gasteiger partial charge in [0.25, 0.3) is 0 Å². The third kappa shape index (κ3) is 13.3. The molecule has 0 heterocycles. The van der Waals surface area contributed by atoms with Crippen molar-refractivity contribution in [1.82, 2.24) is 5.32 Å². The van der Waals surface area contributed by atoms with Gasteiger partial charge in [-0.25, -0.2) is 0 Å². The first kappa shape index (κ1) is 17.3. The van der Waals surface area contributed by atoms with Crippen molar-refractivity contribution in [2.45, 2.75) is 13.0 Å². The maximum absolute atomic E-state index is 10.3. The molecule has 1 amide bonds. The van der Waals surface area contributed by atoms with Crippen molar-refractivity contribution >= 4 is 5.91 Å². The van der Waals surface area contributed by atoms with Crippen LogP contribution in [0.15, 0.2) is 0 Å². The molecule has 0 radical (unpaired) electrons. The van der Waals surface area contributed by atoms with Crippen LogP contribution in [0.1, 0.15) is 6.92 Å². The fourth-order valence-electron chi connectivity index (χ4n) is 1.13. The molecule has 4 N–H and O–H groups in total. The average Bonchev–Trinajstić information content (AvgIpc) is 2.33. The summed E-state index contributed by atoms with van der Waals surface area (Å²) in [4.78, 5) is 10.3. The van der Waals surface area contributed by atoms with Crippen LogP contribution in [0.2, 0.25) is 0 Å². The first-order valence-corrected chi connectivity index (χ1v) is 6.07. The highest BCUT2D eigenvalue weighted by Crippen LogP contribution is 1.85. The van der Waals surface area contributed by atoms with Crippen molar-refractivity contribution in [1.29, 1.82) is 0 Å². The molecule has 108 valence electrons. The summed E-state index contributed by atoms with van der Waals surface area (Å²) >= 11 is 0. The number of carbonyl (C=O) groups is 1. The molecule has 0 aromatic rings. The third-order valence-electron chi connectivity index (χ3n) is 1.93. The van der Waals surface area contributed by atoms with Crippen LogP contribution in [0.5, 0.6) is 0 Å². The van der Waals surface area contributed by atoms with Gasteiger partial charge in [0.1, 0.15) is 6.61 Å². The molecule has 0 bridgehead atoms. The van der Waals surface area contributed by atoms with Gasteiger partial charge < -0.3 is 30.4 Å². The molecular formula is C11H24N2O5. The molecule has 0 saturated carbocycles. The van der Waals surface area contributed by atoms with Crippen LogP contribution in [-0.4, -0.2) is 69.8 Å². The number of nitrogens with two attached hydrogens (primary N) is 1. The first-order chi connectivity index (χ1) is 8.66. The van der Waals surface area contributed by atoms with E-state index in [9.17, 15) is 9.90 Å². The fraction of sp³-hybridized carbons (Fsp3) is 0.909. The van der Waals surface area contributed by atoms with E-state index >= 15 is 0 Å². The summed E-state index contributed by atoms with van der Waals surface area (Å²) in [5, 5.41) is 12.5. The lowest BCUT2D eigenvalue weighted by atomic mass is 10.4. The van der Waals surface area contributed by atoms with Gasteiger partial charge in [-0.3, -0.25) is 4.79 Å². The molecular weight excluding hydrogens is 240 g/mol. The van der Waals surface area contributed by atoms with Gasteiger partial charge in [-0.1, -0.05) is 0 Å². The summed E-state index contributed by atoms with van der Waals surface area (Å²) in [7, 11) is 0. The van der Waals surface area contributed by atoms with E-state index in [1.54, 1.807) is 0 Å². The molecule has 0 spiro atoms. The monoisotopic (exact) mass is 264 g/mol. The SMILES string of the molecule is CCOCCOCC(O)CNCCOCC(N)=O. The summed E-state index contributed by atoms with van der Waals surface area (Å²) in [6, 6.07) is 0. The van der Waals surface area contributed by atoms with E-state index in [4.69, 9.17) is 19.9 Å². The van der Waals surface area contributed by atoms with Gasteiger partial charge in [0.15, 0.2) is 0 Å². The molecule has 18 heavy (non-hydrogen) atoms. The molecule has 0 aromatic heterocycles. The molecule has 0 aliphatic carbocycles. The maximum Gasteiger partial charge on any atom is 0.243 e. The number of nitrogens with one attached hydrogen (secondary N) is 1. The predicted octanol–water partition coefficient (Wildman–Crippen LogP) is -1.51. The fourth-order valence-corrected chi connectivity index (χ4v) is 1.13. The van der Waals surface area contributed by atoms with E-state index in [1.165, 1.54) is 0 Å². The summed E-state index contributed by atoms with van der Waals surface area (Å²) < 4.78 is 15.2. The highest BCUT2D eigenvalue weighted by molar-refractivity contribution is 5.74. The number of ether oxygens (including phenoxy) is 3. The van der Waals surface area contributed by atoms with Crippen LogP contribution < -0.4 is 11.1 Å². The Hall–Kier alpha value is -0.730. The minimum atomic E-state index is -0.567. The van der Waals surface area contributed by atoms with Crippen LogP contribution in [0.3, 0.4) is 0 Å². The Bertz CT molecular complexity index is 204. The standard InChI is InChI=1S/C11H24N2O5/c1-2-16-5-6-18-8-10(14)7-13-3-4-17-9-11(12)15/h10,13-14H,2-9H2,1H3,(H2,12,15). The van der Waals surface area contributed by atoms with Crippen LogP contribution in [0.4, 0.5) is 0 Å². The van der Waals surface area contributed by atoms with Gasteiger partial charge in [0, 0.05) is 19.7 Å². The Labute approximate surface area is 108 Å². The molecule has 1 atom stereocenters. The number of aliphatic hydroxyl groups is 1. The summed E-state index contributed by atoms with van der Waals surface area (Å²) in [6.07, 6.45) is -0.567. The van der Waals surface area contributed by atoms with E-state index in [1.807, 2.05) is 6.92 Å². The van der Waals surface area contributed by atoms with E-state index < -0.39 is 12.0 Å². The van der Waals surface area contributed by atoms with Gasteiger partial charge in [-0.05, 0) is 6.92 Å². The molecule has 0 fully saturated rings. The van der Waals surface area contributed by atoms with Crippen molar-refractivity contribution < 1.29 is 24.1 Å². The zero-order valence-electron chi connectivity index (χ0n) is 10.9. The molecule has 0 aromatic carbocycles. The van der Waals surface area contributed by atoms with Crippen molar-refractivity contribution in [2.24, 2.45) is 5.73 Å². The highest BCUT2D eigenvalue weighted by atomic mass is 16.5. The minimum absolute atomic E-state index is 0.0786. The van der Waals surface area contributed by atoms with E-state index in [-0.39, 0.29) is 13.2 Å². The highest BCUT2D eigenvalue weighted by Gasteiger charge is 2.03. The van der Waals surface area contributed by atoms with Crippen LogP contribution in [0, 0.1) is 0 Å². The smallest absolute Gasteiger partial charge is 0.243 e. The Morgan fingerprint density at radius 3 is 2.67 bits per heavy atom. The Morgan fingerprint density at radius 1 is 1.28 bits per heavy atom. The molecule has 0 aliphatic rings. The zero-order valence-corrected chi connectivity index (χ0v) is 10.9. The number of amides is 1. The number of rotatable bonds is 13. The van der Waals surface area contributed by atoms with Crippen molar-refractivity contribution in [3.63, 3.8) is 0 Å². The predicted molar refractivity (Wildman–Crippen MR) is 66.2 cm³/mol. The maximum atomic E-state index is 10.3. The summed E-state index contributed by atoms with van der Waals surface area (Å²) in [5.74, 6) is -0.488. The van der Waals surface area contributed by atoms with Crippen molar-refractivity contribution in [2.75, 3.05) is 52.7 Å². The molecule has 0 saturated heterocycles. The number of aliphatic hydroxyl groups excluding tert-OH is 1. The van der Waals surface area contributed by atoms with Crippen LogP contribution >= 0.6 is 0 Å². The molecule has 1 unspecified atom stereocenters. The average molecular weight is 264 g/mol. The van der Waals surface area contributed by atoms with E-state index in [0.717, 1.165) is 0 Å². The third-order valence-corrected chi connectivity index (χ3v) is 1.93. The number of hydrogen-bond donors (Lipinski definition) is 3. The largest absolute Gasteiger partial charge is 0.389 e. The van der Waals surface area contributed by atoms with Crippen LogP contribution in [-0.2, 0) is 19.0 Å². The Kier molecular flexibility index (Phi) is 12.2. The number of carbonyl (C=O) groups excluding carboxylic acids is 1. The van der Waals surface area contributed by atoms with Crippen molar-refractivity contribution in [3.05, 3.63) is 0 Å². The van der Waals surface area contributed by atoms with Gasteiger partial charge >= 0.3 is 0 Å². The normalized spacial score (nSPS) is 12.6. The molecule has 0 aliphatic heterocycles. The first-order valence-electron chi connectivity index (χ1n) is 6.07. The van der Waals surface area contributed by atoms with Gasteiger partial charge in [0.2, 0.25) is 5.91 Å². The van der Waals surface area contributed by atoms with Gasteiger partial charge in [-0.15, -0.1) is 0 Å². The molecule has 7 heteroatoms. The Balaban J connectivity index is 3.16. The lowest BCUT2D eigenvalue weighted by Gasteiger charge is -2.12. The van der Waals surface area contributed by atoms with Gasteiger partial charge in [-0.2, -0.15) is 0 Å². The number of hydrogen-bond acceptors (Lipinski definition) is 6. The second-order valence-corrected chi connectivity index (χ2v) is 3.65. The van der Waals surface area contributed by atoms with Crippen LogP contribution in [0.25, 0.3) is 0 Å². The summed E-state index contributed by atoms with van der Waals surface area (Å²) in [6.45, 7) is 5.12. The second kappa shape index (κ2) is 12.7. The molecule has 7 nitrogen and oxygen atoms in total. The second-order valence-electron chi connectivity index (χ2n) is 3.65. The minimum Gasteiger partial charge on any atom is -0.389 e. The zero-order chi connectivity index (χ0) is 13.6. The lowest BCUT2D eigenvalue weighted by Crippen LogP contribution is -2.33. The lowest BCUT2D eigenvalue weighted by molar-refractivity contribution is -0.122. The van der Waals surface area contributed by atoms with E-state index in [0.29, 0.717) is 39.5 Å². The molecule has 0 rings (SSSR count). The quantitative estimate of drug-likeness (QED) is 0.350. The Morgan fingerprint density at radius 2 is 2.00 bits per heavy atom. The van der Waals surface area contributed by atoms with Gasteiger partial charge in [0.05, 0.1) is 32.5 Å². The number of primary amides is 1. The van der Waals surface area contributed by atoms with Crippen molar-refractivity contribution in [3.8, 4) is 0 Å². The summed E-state index contributed by atoms with van der Waals surface area (Å²) in [5.41, 5.74) is 4.89. The topological polar surface area (TPSA) is 103 Å².